The summed E-state index contributed by atoms with van der Waals surface area (Å²) in [6, 6.07) is 2.96. The topological polar surface area (TPSA) is 91.3 Å². The molecule has 1 aromatic heterocycles. The number of carbonyl (C=O) groups is 2. The van der Waals surface area contributed by atoms with E-state index in [0.717, 1.165) is 19.3 Å². The Kier molecular flexibility index (Phi) is 5.31. The van der Waals surface area contributed by atoms with Crippen LogP contribution in [0.3, 0.4) is 0 Å². The zero-order valence-electron chi connectivity index (χ0n) is 11.8. The van der Waals surface area contributed by atoms with Crippen molar-refractivity contribution in [1.29, 1.82) is 0 Å². The highest BCUT2D eigenvalue weighted by Crippen LogP contribution is 2.19. The summed E-state index contributed by atoms with van der Waals surface area (Å²) in [5.74, 6) is -0.929. The molecule has 0 atom stereocenters. The maximum absolute atomic E-state index is 11.7. The number of rotatable bonds is 6. The third-order valence-corrected chi connectivity index (χ3v) is 3.28. The highest BCUT2D eigenvalue weighted by molar-refractivity contribution is 5.89. The number of nitrogens with zero attached hydrogens (tertiary/aromatic N) is 1. The molecule has 0 unspecified atom stereocenters. The Morgan fingerprint density at radius 3 is 2.81 bits per heavy atom. The van der Waals surface area contributed by atoms with E-state index in [1.807, 2.05) is 0 Å². The lowest BCUT2D eigenvalue weighted by molar-refractivity contribution is -0.136. The lowest BCUT2D eigenvalue weighted by atomic mass is 10.2. The molecule has 21 heavy (non-hydrogen) atoms. The molecule has 1 aliphatic rings. The van der Waals surface area contributed by atoms with Gasteiger partial charge < -0.3 is 15.7 Å². The first-order chi connectivity index (χ1) is 10.1. The average molecular weight is 289 g/mol. The van der Waals surface area contributed by atoms with E-state index in [2.05, 4.69) is 21.7 Å². The molecule has 1 aliphatic carbocycles. The van der Waals surface area contributed by atoms with Crippen LogP contribution < -0.4 is 10.6 Å². The number of carboxylic acid groups (broad SMARTS) is 1. The van der Waals surface area contributed by atoms with Crippen molar-refractivity contribution in [2.75, 3.05) is 11.9 Å². The van der Waals surface area contributed by atoms with Crippen LogP contribution in [0.15, 0.2) is 30.0 Å². The molecule has 0 aliphatic heterocycles. The van der Waals surface area contributed by atoms with Crippen LogP contribution in [-0.4, -0.2) is 28.6 Å². The normalized spacial score (nSPS) is 13.6. The van der Waals surface area contributed by atoms with Crippen LogP contribution in [0, 0.1) is 0 Å². The Bertz CT molecular complexity index is 538. The van der Waals surface area contributed by atoms with Crippen molar-refractivity contribution in [2.24, 2.45) is 0 Å². The molecule has 0 saturated heterocycles. The Labute approximate surface area is 123 Å². The molecule has 1 heterocycles. The van der Waals surface area contributed by atoms with Gasteiger partial charge in [0, 0.05) is 6.54 Å². The van der Waals surface area contributed by atoms with Crippen LogP contribution >= 0.6 is 0 Å². The standard InChI is InChI=1S/C15H19N3O3/c19-14(20)9-12-5-6-13(10-17-12)18-15(21)16-8-7-11-3-1-2-4-11/h3,5-6,10H,1-2,4,7-9H2,(H,19,20)(H2,16,18,21). The third kappa shape index (κ3) is 5.25. The second kappa shape index (κ2) is 7.42. The van der Waals surface area contributed by atoms with E-state index in [9.17, 15) is 9.59 Å². The van der Waals surface area contributed by atoms with Gasteiger partial charge in [0.25, 0.3) is 0 Å². The lowest BCUT2D eigenvalue weighted by Gasteiger charge is -2.08. The number of carboxylic acids is 1. The van der Waals surface area contributed by atoms with Gasteiger partial charge in [0.2, 0.25) is 0 Å². The SMILES string of the molecule is O=C(O)Cc1ccc(NC(=O)NCCC2=CCCC2)cn1. The largest absolute Gasteiger partial charge is 0.481 e. The van der Waals surface area contributed by atoms with E-state index in [1.54, 1.807) is 12.1 Å². The number of amides is 2. The summed E-state index contributed by atoms with van der Waals surface area (Å²) in [7, 11) is 0. The van der Waals surface area contributed by atoms with Crippen molar-refractivity contribution in [3.63, 3.8) is 0 Å². The molecule has 1 aromatic rings. The number of nitrogens with one attached hydrogen (secondary N) is 2. The van der Waals surface area contributed by atoms with Gasteiger partial charge in [-0.1, -0.05) is 11.6 Å². The van der Waals surface area contributed by atoms with Crippen LogP contribution in [0.5, 0.6) is 0 Å². The minimum absolute atomic E-state index is 0.123. The zero-order valence-corrected chi connectivity index (χ0v) is 11.8. The number of hydrogen-bond donors (Lipinski definition) is 3. The molecular weight excluding hydrogens is 270 g/mol. The number of hydrogen-bond acceptors (Lipinski definition) is 3. The van der Waals surface area contributed by atoms with Gasteiger partial charge in [-0.05, 0) is 37.8 Å². The van der Waals surface area contributed by atoms with E-state index in [0.29, 0.717) is 17.9 Å². The summed E-state index contributed by atoms with van der Waals surface area (Å²) in [4.78, 5) is 26.2. The summed E-state index contributed by atoms with van der Waals surface area (Å²) in [5.41, 5.74) is 2.42. The van der Waals surface area contributed by atoms with Gasteiger partial charge in [-0.3, -0.25) is 9.78 Å². The first-order valence-corrected chi connectivity index (χ1v) is 7.03. The fourth-order valence-electron chi connectivity index (χ4n) is 2.23. The number of carbonyl (C=O) groups excluding carboxylic acids is 1. The van der Waals surface area contributed by atoms with Gasteiger partial charge in [0.1, 0.15) is 0 Å². The Balaban J connectivity index is 1.72. The highest BCUT2D eigenvalue weighted by Gasteiger charge is 2.06. The van der Waals surface area contributed by atoms with Crippen molar-refractivity contribution in [2.45, 2.75) is 32.1 Å². The summed E-state index contributed by atoms with van der Waals surface area (Å²) in [6.45, 7) is 0.613. The lowest BCUT2D eigenvalue weighted by Crippen LogP contribution is -2.29. The molecule has 0 fully saturated rings. The third-order valence-electron chi connectivity index (χ3n) is 3.28. The van der Waals surface area contributed by atoms with Crippen molar-refractivity contribution in [3.8, 4) is 0 Å². The monoisotopic (exact) mass is 289 g/mol. The first kappa shape index (κ1) is 15.0. The molecule has 6 heteroatoms. The molecule has 0 radical (unpaired) electrons. The second-order valence-electron chi connectivity index (χ2n) is 4.99. The van der Waals surface area contributed by atoms with Crippen LogP contribution in [-0.2, 0) is 11.2 Å². The average Bonchev–Trinajstić information content (AvgIpc) is 2.93. The van der Waals surface area contributed by atoms with Crippen LogP contribution in [0.1, 0.15) is 31.4 Å². The fourth-order valence-corrected chi connectivity index (χ4v) is 2.23. The van der Waals surface area contributed by atoms with E-state index in [4.69, 9.17) is 5.11 Å². The summed E-state index contributed by atoms with van der Waals surface area (Å²) in [5, 5.41) is 14.1. The molecule has 3 N–H and O–H groups in total. The summed E-state index contributed by atoms with van der Waals surface area (Å²) in [6.07, 6.45) is 7.97. The number of aliphatic carboxylic acids is 1. The van der Waals surface area contributed by atoms with Crippen LogP contribution in [0.25, 0.3) is 0 Å². The first-order valence-electron chi connectivity index (χ1n) is 7.03. The van der Waals surface area contributed by atoms with E-state index in [-0.39, 0.29) is 12.5 Å². The molecule has 0 saturated carbocycles. The molecule has 112 valence electrons. The van der Waals surface area contributed by atoms with Crippen LogP contribution in [0.4, 0.5) is 10.5 Å². The van der Waals surface area contributed by atoms with Crippen molar-refractivity contribution in [3.05, 3.63) is 35.7 Å². The second-order valence-corrected chi connectivity index (χ2v) is 4.99. The molecule has 0 spiro atoms. The molecule has 2 amide bonds. The molecule has 0 aromatic carbocycles. The van der Waals surface area contributed by atoms with Gasteiger partial charge in [0.05, 0.1) is 24.0 Å². The zero-order chi connectivity index (χ0) is 15.1. The number of pyridine rings is 1. The smallest absolute Gasteiger partial charge is 0.319 e. The van der Waals surface area contributed by atoms with Gasteiger partial charge in [-0.25, -0.2) is 4.79 Å². The summed E-state index contributed by atoms with van der Waals surface area (Å²) >= 11 is 0. The highest BCUT2D eigenvalue weighted by atomic mass is 16.4. The predicted molar refractivity (Wildman–Crippen MR) is 79.1 cm³/mol. The number of aromatic nitrogens is 1. The number of anilines is 1. The molecule has 0 bridgehead atoms. The van der Waals surface area contributed by atoms with Crippen LogP contribution in [0.2, 0.25) is 0 Å². The number of urea groups is 1. The van der Waals surface area contributed by atoms with Gasteiger partial charge in [0.15, 0.2) is 0 Å². The summed E-state index contributed by atoms with van der Waals surface area (Å²) < 4.78 is 0. The predicted octanol–water partition coefficient (Wildman–Crippen LogP) is 2.33. The quantitative estimate of drug-likeness (QED) is 0.701. The molecular formula is C15H19N3O3. The minimum Gasteiger partial charge on any atom is -0.481 e. The van der Waals surface area contributed by atoms with Gasteiger partial charge in [-0.2, -0.15) is 0 Å². The van der Waals surface area contributed by atoms with Gasteiger partial charge >= 0.3 is 12.0 Å². The Hall–Kier alpha value is -2.37. The minimum atomic E-state index is -0.929. The van der Waals surface area contributed by atoms with E-state index in [1.165, 1.54) is 18.2 Å². The molecule has 6 nitrogen and oxygen atoms in total. The van der Waals surface area contributed by atoms with E-state index >= 15 is 0 Å². The van der Waals surface area contributed by atoms with Crippen molar-refractivity contribution >= 4 is 17.7 Å². The number of allylic oxidation sites excluding steroid dienone is 1. The van der Waals surface area contributed by atoms with Crippen molar-refractivity contribution in [1.82, 2.24) is 10.3 Å². The van der Waals surface area contributed by atoms with Crippen molar-refractivity contribution < 1.29 is 14.7 Å². The maximum atomic E-state index is 11.7. The Morgan fingerprint density at radius 2 is 2.19 bits per heavy atom. The molecule has 2 rings (SSSR count). The Morgan fingerprint density at radius 1 is 1.33 bits per heavy atom. The van der Waals surface area contributed by atoms with Gasteiger partial charge in [-0.15, -0.1) is 0 Å². The maximum Gasteiger partial charge on any atom is 0.319 e. The van der Waals surface area contributed by atoms with E-state index < -0.39 is 5.97 Å². The fraction of sp³-hybridized carbons (Fsp3) is 0.400.